The third-order valence-electron chi connectivity index (χ3n) is 5.32. The van der Waals surface area contributed by atoms with Crippen molar-refractivity contribution in [2.75, 3.05) is 19.5 Å². The molecule has 2 rings (SSSR count). The van der Waals surface area contributed by atoms with E-state index in [1.807, 2.05) is 20.8 Å². The second-order valence-electron chi connectivity index (χ2n) is 9.07. The summed E-state index contributed by atoms with van der Waals surface area (Å²) in [5.41, 5.74) is -0.865. The van der Waals surface area contributed by atoms with Crippen LogP contribution >= 0.6 is 0 Å². The van der Waals surface area contributed by atoms with Crippen LogP contribution in [0.15, 0.2) is 18.2 Å². The van der Waals surface area contributed by atoms with Gasteiger partial charge in [0.25, 0.3) is 5.91 Å². The van der Waals surface area contributed by atoms with Crippen LogP contribution in [0, 0.1) is 5.41 Å². The van der Waals surface area contributed by atoms with Gasteiger partial charge < -0.3 is 24.8 Å². The Balaban J connectivity index is 2.07. The monoisotopic (exact) mass is 434 g/mol. The molecule has 1 aromatic carbocycles. The van der Waals surface area contributed by atoms with E-state index in [0.717, 1.165) is 12.8 Å². The zero-order valence-electron chi connectivity index (χ0n) is 19.3. The molecule has 1 unspecified atom stereocenters. The third-order valence-corrected chi connectivity index (χ3v) is 5.32. The molecule has 2 amide bonds. The van der Waals surface area contributed by atoms with Gasteiger partial charge in [-0.05, 0) is 52.7 Å². The van der Waals surface area contributed by atoms with Gasteiger partial charge in [0.2, 0.25) is 5.91 Å². The predicted octanol–water partition coefficient (Wildman–Crippen LogP) is 3.44. The van der Waals surface area contributed by atoms with Gasteiger partial charge in [-0.1, -0.05) is 12.8 Å². The number of ether oxygens (including phenoxy) is 3. The highest BCUT2D eigenvalue weighted by molar-refractivity contribution is 5.97. The molecule has 1 aliphatic rings. The van der Waals surface area contributed by atoms with Crippen molar-refractivity contribution in [1.82, 2.24) is 5.32 Å². The first-order valence-corrected chi connectivity index (χ1v) is 10.5. The normalized spacial score (nSPS) is 16.2. The zero-order chi connectivity index (χ0) is 23.2. The molecule has 0 radical (unpaired) electrons. The Labute approximate surface area is 184 Å². The molecule has 1 saturated carbocycles. The van der Waals surface area contributed by atoms with Crippen LogP contribution < -0.4 is 20.1 Å². The highest BCUT2D eigenvalue weighted by Crippen LogP contribution is 2.42. The van der Waals surface area contributed by atoms with Gasteiger partial charge in [0.05, 0.1) is 25.3 Å². The SMILES string of the molecule is COc1ccc(OC)c(NC(=O)C(C)OC(=O)C2(CC(=O)NC(C)(C)C)CCCC2)c1. The zero-order valence-corrected chi connectivity index (χ0v) is 19.3. The third kappa shape index (κ3) is 6.60. The number of carbonyl (C=O) groups excluding carboxylic acids is 3. The Morgan fingerprint density at radius 2 is 1.74 bits per heavy atom. The Morgan fingerprint density at radius 3 is 2.29 bits per heavy atom. The number of methoxy groups -OCH3 is 2. The maximum atomic E-state index is 13.0. The molecule has 1 fully saturated rings. The molecule has 0 spiro atoms. The van der Waals surface area contributed by atoms with Crippen LogP contribution in [-0.2, 0) is 19.1 Å². The number of carbonyl (C=O) groups is 3. The minimum absolute atomic E-state index is 0.0567. The van der Waals surface area contributed by atoms with Crippen LogP contribution in [0.3, 0.4) is 0 Å². The van der Waals surface area contributed by atoms with Crippen molar-refractivity contribution in [3.63, 3.8) is 0 Å². The molecule has 8 heteroatoms. The summed E-state index contributed by atoms with van der Waals surface area (Å²) >= 11 is 0. The largest absolute Gasteiger partial charge is 0.497 e. The number of amides is 2. The molecule has 1 aliphatic carbocycles. The average molecular weight is 435 g/mol. The molecule has 0 saturated heterocycles. The highest BCUT2D eigenvalue weighted by atomic mass is 16.5. The average Bonchev–Trinajstić information content (AvgIpc) is 3.15. The number of anilines is 1. The molecular formula is C23H34N2O6. The summed E-state index contributed by atoms with van der Waals surface area (Å²) in [6.07, 6.45) is 1.86. The molecule has 172 valence electrons. The molecule has 0 bridgehead atoms. The molecule has 2 N–H and O–H groups in total. The van der Waals surface area contributed by atoms with Gasteiger partial charge in [0.15, 0.2) is 6.10 Å². The lowest BCUT2D eigenvalue weighted by Crippen LogP contribution is -2.45. The highest BCUT2D eigenvalue weighted by Gasteiger charge is 2.45. The van der Waals surface area contributed by atoms with E-state index in [2.05, 4.69) is 10.6 Å². The summed E-state index contributed by atoms with van der Waals surface area (Å²) in [7, 11) is 3.02. The van der Waals surface area contributed by atoms with E-state index in [-0.39, 0.29) is 17.9 Å². The van der Waals surface area contributed by atoms with Crippen molar-refractivity contribution in [2.45, 2.75) is 71.4 Å². The van der Waals surface area contributed by atoms with E-state index in [1.165, 1.54) is 21.1 Å². The first-order chi connectivity index (χ1) is 14.5. The summed E-state index contributed by atoms with van der Waals surface area (Å²) in [6.45, 7) is 7.19. The van der Waals surface area contributed by atoms with E-state index < -0.39 is 23.4 Å². The van der Waals surface area contributed by atoms with Crippen molar-refractivity contribution < 1.29 is 28.6 Å². The van der Waals surface area contributed by atoms with Gasteiger partial charge in [-0.25, -0.2) is 0 Å². The van der Waals surface area contributed by atoms with Gasteiger partial charge in [0.1, 0.15) is 11.5 Å². The Morgan fingerprint density at radius 1 is 1.10 bits per heavy atom. The Bertz CT molecular complexity index is 809. The number of hydrogen-bond donors (Lipinski definition) is 2. The fraction of sp³-hybridized carbons (Fsp3) is 0.609. The Kier molecular flexibility index (Phi) is 7.92. The molecule has 0 aliphatic heterocycles. The van der Waals surface area contributed by atoms with Gasteiger partial charge in [-0.3, -0.25) is 14.4 Å². The van der Waals surface area contributed by atoms with E-state index in [1.54, 1.807) is 18.2 Å². The van der Waals surface area contributed by atoms with Crippen LogP contribution in [0.1, 0.15) is 59.8 Å². The summed E-state index contributed by atoms with van der Waals surface area (Å²) in [5.74, 6) is -0.180. The molecule has 0 aromatic heterocycles. The minimum atomic E-state index is -1.04. The van der Waals surface area contributed by atoms with Crippen molar-refractivity contribution in [1.29, 1.82) is 0 Å². The van der Waals surface area contributed by atoms with Gasteiger partial charge in [-0.15, -0.1) is 0 Å². The van der Waals surface area contributed by atoms with Crippen molar-refractivity contribution in [2.24, 2.45) is 5.41 Å². The minimum Gasteiger partial charge on any atom is -0.497 e. The maximum absolute atomic E-state index is 13.0. The number of hydrogen-bond acceptors (Lipinski definition) is 6. The van der Waals surface area contributed by atoms with Crippen LogP contribution in [0.5, 0.6) is 11.5 Å². The lowest BCUT2D eigenvalue weighted by molar-refractivity contribution is -0.165. The van der Waals surface area contributed by atoms with E-state index >= 15 is 0 Å². The molecular weight excluding hydrogens is 400 g/mol. The van der Waals surface area contributed by atoms with Gasteiger partial charge in [0, 0.05) is 18.0 Å². The summed E-state index contributed by atoms with van der Waals surface area (Å²) in [4.78, 5) is 38.2. The fourth-order valence-corrected chi connectivity index (χ4v) is 3.76. The Hall–Kier alpha value is -2.77. The molecule has 1 atom stereocenters. The van der Waals surface area contributed by atoms with Crippen molar-refractivity contribution in [3.8, 4) is 11.5 Å². The summed E-state index contributed by atoms with van der Waals surface area (Å²) in [6, 6.07) is 5.01. The van der Waals surface area contributed by atoms with E-state index in [4.69, 9.17) is 14.2 Å². The standard InChI is InChI=1S/C23H34N2O6/c1-15(20(27)24-17-13-16(29-5)9-10-18(17)30-6)31-21(28)23(11-7-8-12-23)14-19(26)25-22(2,3)4/h9-10,13,15H,7-8,11-12,14H2,1-6H3,(H,24,27)(H,25,26). The quantitative estimate of drug-likeness (QED) is 0.608. The number of rotatable bonds is 8. The lowest BCUT2D eigenvalue weighted by Gasteiger charge is -2.29. The van der Waals surface area contributed by atoms with Gasteiger partial charge in [-0.2, -0.15) is 0 Å². The second-order valence-corrected chi connectivity index (χ2v) is 9.07. The molecule has 0 heterocycles. The number of benzene rings is 1. The van der Waals surface area contributed by atoms with Crippen LogP contribution in [0.2, 0.25) is 0 Å². The van der Waals surface area contributed by atoms with Crippen LogP contribution in [0.4, 0.5) is 5.69 Å². The predicted molar refractivity (Wildman–Crippen MR) is 117 cm³/mol. The first kappa shape index (κ1) is 24.5. The molecule has 8 nitrogen and oxygen atoms in total. The second kappa shape index (κ2) is 10.0. The lowest BCUT2D eigenvalue weighted by atomic mass is 9.82. The molecule has 31 heavy (non-hydrogen) atoms. The fourth-order valence-electron chi connectivity index (χ4n) is 3.76. The van der Waals surface area contributed by atoms with E-state index in [9.17, 15) is 14.4 Å². The first-order valence-electron chi connectivity index (χ1n) is 10.5. The van der Waals surface area contributed by atoms with E-state index in [0.29, 0.717) is 30.0 Å². The number of nitrogens with one attached hydrogen (secondary N) is 2. The smallest absolute Gasteiger partial charge is 0.313 e. The topological polar surface area (TPSA) is 103 Å². The maximum Gasteiger partial charge on any atom is 0.313 e. The van der Waals surface area contributed by atoms with Gasteiger partial charge >= 0.3 is 5.97 Å². The molecule has 1 aromatic rings. The van der Waals surface area contributed by atoms with Crippen molar-refractivity contribution >= 4 is 23.5 Å². The number of esters is 1. The summed E-state index contributed by atoms with van der Waals surface area (Å²) < 4.78 is 16.0. The van der Waals surface area contributed by atoms with Crippen molar-refractivity contribution in [3.05, 3.63) is 18.2 Å². The van der Waals surface area contributed by atoms with Crippen LogP contribution in [-0.4, -0.2) is 43.6 Å². The van der Waals surface area contributed by atoms with Crippen LogP contribution in [0.25, 0.3) is 0 Å². The summed E-state index contributed by atoms with van der Waals surface area (Å²) in [5, 5.41) is 5.62.